The average Bonchev–Trinajstić information content (AvgIpc) is 3.33. The summed E-state index contributed by atoms with van der Waals surface area (Å²) in [5.74, 6) is -2.48. The van der Waals surface area contributed by atoms with Crippen molar-refractivity contribution in [3.8, 4) is 0 Å². The van der Waals surface area contributed by atoms with Crippen molar-refractivity contribution in [2.24, 2.45) is 0 Å². The number of hydrogen-bond acceptors (Lipinski definition) is 9. The van der Waals surface area contributed by atoms with Gasteiger partial charge in [0.25, 0.3) is 17.4 Å². The Balaban J connectivity index is 1.72. The largest absolute Gasteiger partial charge is 0.465 e. The molecule has 2 N–H and O–H groups in total. The SMILES string of the molecule is CCCc1cc(=O)n2c(C(=O)Nc3cccc(C(=O)OC(C)C)c3)c(C(=O)Nc3ccc(C(=O)OC)cc3)sc2n1. The molecule has 0 aliphatic carbocycles. The molecule has 2 aromatic heterocycles. The second-order valence-electron chi connectivity index (χ2n) is 9.25. The number of fused-ring (bicyclic) bond motifs is 1. The molecular weight excluding hydrogens is 548 g/mol. The van der Waals surface area contributed by atoms with E-state index >= 15 is 0 Å². The molecule has 0 saturated carbocycles. The molecule has 0 unspecified atom stereocenters. The minimum atomic E-state index is -0.746. The normalized spacial score (nSPS) is 10.9. The fraction of sp³-hybridized carbons (Fsp3) is 0.241. The fourth-order valence-electron chi connectivity index (χ4n) is 3.96. The Morgan fingerprint density at radius 2 is 1.63 bits per heavy atom. The number of ether oxygens (including phenoxy) is 2. The number of nitrogens with one attached hydrogen (secondary N) is 2. The predicted molar refractivity (Wildman–Crippen MR) is 154 cm³/mol. The smallest absolute Gasteiger partial charge is 0.338 e. The van der Waals surface area contributed by atoms with Crippen molar-refractivity contribution in [2.45, 2.75) is 39.7 Å². The molecule has 41 heavy (non-hydrogen) atoms. The Kier molecular flexibility index (Phi) is 8.93. The zero-order chi connectivity index (χ0) is 29.7. The van der Waals surface area contributed by atoms with Crippen LogP contribution in [0.2, 0.25) is 0 Å². The van der Waals surface area contributed by atoms with Crippen LogP contribution in [-0.4, -0.2) is 46.4 Å². The third-order valence-corrected chi connectivity index (χ3v) is 6.80. The molecule has 0 spiro atoms. The van der Waals surface area contributed by atoms with E-state index in [4.69, 9.17) is 9.47 Å². The number of nitrogens with zero attached hydrogens (tertiary/aromatic N) is 2. The number of carbonyl (C=O) groups excluding carboxylic acids is 4. The van der Waals surface area contributed by atoms with E-state index in [2.05, 4.69) is 15.6 Å². The summed E-state index contributed by atoms with van der Waals surface area (Å²) in [7, 11) is 1.27. The number of benzene rings is 2. The quantitative estimate of drug-likeness (QED) is 0.276. The minimum absolute atomic E-state index is 0.0480. The minimum Gasteiger partial charge on any atom is -0.465 e. The van der Waals surface area contributed by atoms with Gasteiger partial charge in [0.15, 0.2) is 4.96 Å². The molecule has 4 rings (SSSR count). The standard InChI is InChI=1S/C29H28N4O7S/c1-5-7-20-15-22(34)33-23(25(35)31-21-9-6-8-18(14-21)28(38)40-16(2)3)24(41-29(33)32-20)26(36)30-19-12-10-17(11-13-19)27(37)39-4/h6,8-16H,5,7H2,1-4H3,(H,30,36)(H,31,35). The van der Waals surface area contributed by atoms with Crippen LogP contribution in [0.3, 0.4) is 0 Å². The molecule has 2 heterocycles. The molecule has 2 aromatic carbocycles. The summed E-state index contributed by atoms with van der Waals surface area (Å²) >= 11 is 0.902. The van der Waals surface area contributed by atoms with Crippen LogP contribution in [0.4, 0.5) is 11.4 Å². The first-order valence-corrected chi connectivity index (χ1v) is 13.6. The van der Waals surface area contributed by atoms with Crippen LogP contribution in [-0.2, 0) is 15.9 Å². The highest BCUT2D eigenvalue weighted by Crippen LogP contribution is 2.25. The van der Waals surface area contributed by atoms with Crippen LogP contribution in [0.5, 0.6) is 0 Å². The van der Waals surface area contributed by atoms with Crippen molar-refractivity contribution in [3.05, 3.63) is 92.3 Å². The fourth-order valence-corrected chi connectivity index (χ4v) is 5.00. The van der Waals surface area contributed by atoms with Crippen molar-refractivity contribution in [2.75, 3.05) is 17.7 Å². The Bertz CT molecular complexity index is 1690. The highest BCUT2D eigenvalue weighted by atomic mass is 32.1. The third-order valence-electron chi connectivity index (χ3n) is 5.76. The third kappa shape index (κ3) is 6.67. The maximum atomic E-state index is 13.6. The first kappa shape index (κ1) is 29.2. The molecule has 0 saturated heterocycles. The summed E-state index contributed by atoms with van der Waals surface area (Å²) in [6.07, 6.45) is 0.984. The highest BCUT2D eigenvalue weighted by molar-refractivity contribution is 7.19. The molecule has 2 amide bonds. The van der Waals surface area contributed by atoms with Crippen LogP contribution < -0.4 is 16.2 Å². The first-order valence-electron chi connectivity index (χ1n) is 12.8. The van der Waals surface area contributed by atoms with Gasteiger partial charge in [-0.05, 0) is 62.7 Å². The molecule has 0 bridgehead atoms. The van der Waals surface area contributed by atoms with Gasteiger partial charge in [0.2, 0.25) is 0 Å². The van der Waals surface area contributed by atoms with Crippen LogP contribution in [0.25, 0.3) is 4.96 Å². The van der Waals surface area contributed by atoms with Crippen molar-refractivity contribution in [1.29, 1.82) is 0 Å². The number of aryl methyl sites for hydroxylation is 1. The zero-order valence-electron chi connectivity index (χ0n) is 22.8. The second-order valence-corrected chi connectivity index (χ2v) is 10.2. The van der Waals surface area contributed by atoms with Gasteiger partial charge in [-0.25, -0.2) is 19.0 Å². The van der Waals surface area contributed by atoms with E-state index in [0.29, 0.717) is 23.4 Å². The van der Waals surface area contributed by atoms with Gasteiger partial charge in [-0.15, -0.1) is 0 Å². The molecule has 0 aliphatic rings. The predicted octanol–water partition coefficient (Wildman–Crippen LogP) is 4.56. The topological polar surface area (TPSA) is 145 Å². The molecule has 12 heteroatoms. The molecule has 4 aromatic rings. The summed E-state index contributed by atoms with van der Waals surface area (Å²) in [6.45, 7) is 5.40. The van der Waals surface area contributed by atoms with E-state index < -0.39 is 29.3 Å². The molecule has 11 nitrogen and oxygen atoms in total. The Labute approximate surface area is 239 Å². The number of carbonyl (C=O) groups is 4. The van der Waals surface area contributed by atoms with Crippen LogP contribution in [0.1, 0.15) is 73.8 Å². The number of amides is 2. The number of esters is 2. The molecule has 0 radical (unpaired) electrons. The number of rotatable bonds is 9. The maximum absolute atomic E-state index is 13.6. The van der Waals surface area contributed by atoms with Gasteiger partial charge in [-0.2, -0.15) is 0 Å². The second kappa shape index (κ2) is 12.6. The number of anilines is 2. The van der Waals surface area contributed by atoms with Gasteiger partial charge in [0.1, 0.15) is 10.6 Å². The highest BCUT2D eigenvalue weighted by Gasteiger charge is 2.27. The lowest BCUT2D eigenvalue weighted by Gasteiger charge is -2.11. The van der Waals surface area contributed by atoms with E-state index in [1.54, 1.807) is 32.0 Å². The van der Waals surface area contributed by atoms with Gasteiger partial charge in [0.05, 0.1) is 24.3 Å². The van der Waals surface area contributed by atoms with Gasteiger partial charge in [-0.3, -0.25) is 14.4 Å². The van der Waals surface area contributed by atoms with E-state index in [-0.39, 0.29) is 32.9 Å². The number of aromatic nitrogens is 2. The molecule has 0 fully saturated rings. The lowest BCUT2D eigenvalue weighted by atomic mass is 10.2. The van der Waals surface area contributed by atoms with E-state index in [9.17, 15) is 24.0 Å². The summed E-state index contributed by atoms with van der Waals surface area (Å²) in [6, 6.07) is 13.5. The maximum Gasteiger partial charge on any atom is 0.338 e. The lowest BCUT2D eigenvalue weighted by Crippen LogP contribution is -2.25. The van der Waals surface area contributed by atoms with Gasteiger partial charge < -0.3 is 20.1 Å². The first-order chi connectivity index (χ1) is 19.6. The van der Waals surface area contributed by atoms with Crippen molar-refractivity contribution < 1.29 is 28.7 Å². The summed E-state index contributed by atoms with van der Waals surface area (Å²) in [5.41, 5.74) is 0.984. The van der Waals surface area contributed by atoms with Crippen molar-refractivity contribution in [1.82, 2.24) is 9.38 Å². The number of hydrogen-bond donors (Lipinski definition) is 2. The summed E-state index contributed by atoms with van der Waals surface area (Å²) in [5, 5.41) is 5.38. The molecular formula is C29H28N4O7S. The molecule has 212 valence electrons. The zero-order valence-corrected chi connectivity index (χ0v) is 23.7. The average molecular weight is 577 g/mol. The van der Waals surface area contributed by atoms with E-state index in [1.165, 1.54) is 43.5 Å². The molecule has 0 atom stereocenters. The number of thiazole rings is 1. The van der Waals surface area contributed by atoms with Crippen LogP contribution in [0, 0.1) is 0 Å². The Hall–Kier alpha value is -4.84. The Morgan fingerprint density at radius 3 is 2.29 bits per heavy atom. The number of methoxy groups -OCH3 is 1. The lowest BCUT2D eigenvalue weighted by molar-refractivity contribution is 0.0377. The molecule has 0 aliphatic heterocycles. The van der Waals surface area contributed by atoms with Crippen LogP contribution in [0.15, 0.2) is 59.4 Å². The van der Waals surface area contributed by atoms with Crippen molar-refractivity contribution >= 4 is 51.4 Å². The monoisotopic (exact) mass is 576 g/mol. The van der Waals surface area contributed by atoms with Crippen molar-refractivity contribution in [3.63, 3.8) is 0 Å². The van der Waals surface area contributed by atoms with E-state index in [1.807, 2.05) is 6.92 Å². The van der Waals surface area contributed by atoms with Gasteiger partial charge in [0, 0.05) is 23.1 Å². The van der Waals surface area contributed by atoms with Crippen LogP contribution >= 0.6 is 11.3 Å². The Morgan fingerprint density at radius 1 is 0.927 bits per heavy atom. The van der Waals surface area contributed by atoms with E-state index in [0.717, 1.165) is 22.2 Å². The summed E-state index contributed by atoms with van der Waals surface area (Å²) < 4.78 is 11.0. The van der Waals surface area contributed by atoms with Gasteiger partial charge >= 0.3 is 11.9 Å². The summed E-state index contributed by atoms with van der Waals surface area (Å²) in [4.78, 5) is 68.9. The van der Waals surface area contributed by atoms with Gasteiger partial charge in [-0.1, -0.05) is 30.7 Å².